The van der Waals surface area contributed by atoms with Crippen LogP contribution in [-0.2, 0) is 6.54 Å². The quantitative estimate of drug-likeness (QED) is 0.608. The summed E-state index contributed by atoms with van der Waals surface area (Å²) in [6.45, 7) is 3.08. The molecule has 0 spiro atoms. The smallest absolute Gasteiger partial charge is 0.271 e. The molecule has 1 aliphatic rings. The van der Waals surface area contributed by atoms with Gasteiger partial charge in [-0.05, 0) is 55.6 Å². The second-order valence-corrected chi connectivity index (χ2v) is 6.82. The van der Waals surface area contributed by atoms with Crippen molar-refractivity contribution in [2.75, 3.05) is 19.7 Å². The van der Waals surface area contributed by atoms with E-state index in [-0.39, 0.29) is 18.3 Å². The lowest BCUT2D eigenvalue weighted by Crippen LogP contribution is -2.34. The summed E-state index contributed by atoms with van der Waals surface area (Å²) in [6, 6.07) is 13.6. The standard InChI is InChI=1S/C21H24FN3O2/c22-20-4-2-1-3-19(20)13-23-24-21(27)18-7-5-16(6-8-18)14-25-11-9-17(15-26)10-12-25/h1-8,13,17,26H,9-12,14-15H2,(H,24,27)/b23-13+. The van der Waals surface area contributed by atoms with Gasteiger partial charge in [0.2, 0.25) is 0 Å². The Morgan fingerprint density at radius 3 is 2.56 bits per heavy atom. The molecule has 0 saturated carbocycles. The van der Waals surface area contributed by atoms with Gasteiger partial charge >= 0.3 is 0 Å². The maximum absolute atomic E-state index is 13.5. The minimum atomic E-state index is -0.386. The summed E-state index contributed by atoms with van der Waals surface area (Å²) in [4.78, 5) is 14.5. The fourth-order valence-electron chi connectivity index (χ4n) is 3.15. The molecule has 0 aromatic heterocycles. The highest BCUT2D eigenvalue weighted by atomic mass is 19.1. The van der Waals surface area contributed by atoms with Gasteiger partial charge in [0.25, 0.3) is 5.91 Å². The van der Waals surface area contributed by atoms with E-state index in [1.165, 1.54) is 12.3 Å². The van der Waals surface area contributed by atoms with E-state index in [1.54, 1.807) is 30.3 Å². The minimum Gasteiger partial charge on any atom is -0.396 e. The molecule has 1 heterocycles. The van der Waals surface area contributed by atoms with Crippen molar-refractivity contribution in [3.63, 3.8) is 0 Å². The molecule has 2 aromatic carbocycles. The topological polar surface area (TPSA) is 64.9 Å². The number of carbonyl (C=O) groups is 1. The molecule has 0 radical (unpaired) electrons. The van der Waals surface area contributed by atoms with Crippen molar-refractivity contribution in [2.24, 2.45) is 11.0 Å². The maximum atomic E-state index is 13.5. The number of hydrogen-bond acceptors (Lipinski definition) is 4. The van der Waals surface area contributed by atoms with Crippen molar-refractivity contribution in [2.45, 2.75) is 19.4 Å². The van der Waals surface area contributed by atoms with Gasteiger partial charge in [0.05, 0.1) is 6.21 Å². The summed E-state index contributed by atoms with van der Waals surface area (Å²) in [5.41, 5.74) is 4.38. The maximum Gasteiger partial charge on any atom is 0.271 e. The highest BCUT2D eigenvalue weighted by molar-refractivity contribution is 5.94. The molecule has 0 aliphatic carbocycles. The number of hydrogen-bond donors (Lipinski definition) is 2. The van der Waals surface area contributed by atoms with Crippen LogP contribution in [0.3, 0.4) is 0 Å². The van der Waals surface area contributed by atoms with Gasteiger partial charge in [0.1, 0.15) is 5.82 Å². The molecule has 1 amide bonds. The van der Waals surface area contributed by atoms with Crippen LogP contribution in [-0.4, -0.2) is 41.8 Å². The highest BCUT2D eigenvalue weighted by Crippen LogP contribution is 2.18. The predicted octanol–water partition coefficient (Wildman–Crippen LogP) is 2.79. The molecule has 27 heavy (non-hydrogen) atoms. The molecular formula is C21H24FN3O2. The average Bonchev–Trinajstić information content (AvgIpc) is 2.70. The third-order valence-electron chi connectivity index (χ3n) is 4.86. The third-order valence-corrected chi connectivity index (χ3v) is 4.86. The summed E-state index contributed by atoms with van der Waals surface area (Å²) in [5, 5.41) is 13.0. The Labute approximate surface area is 158 Å². The first-order valence-electron chi connectivity index (χ1n) is 9.16. The van der Waals surface area contributed by atoms with Gasteiger partial charge in [-0.25, -0.2) is 9.82 Å². The van der Waals surface area contributed by atoms with Gasteiger partial charge < -0.3 is 5.11 Å². The molecule has 5 nitrogen and oxygen atoms in total. The number of nitrogens with one attached hydrogen (secondary N) is 1. The normalized spacial score (nSPS) is 15.9. The van der Waals surface area contributed by atoms with Gasteiger partial charge in [-0.1, -0.05) is 30.3 Å². The van der Waals surface area contributed by atoms with Crippen LogP contribution in [0.5, 0.6) is 0 Å². The third kappa shape index (κ3) is 5.45. The van der Waals surface area contributed by atoms with Gasteiger partial charge in [-0.3, -0.25) is 9.69 Å². The minimum absolute atomic E-state index is 0.275. The first-order chi connectivity index (χ1) is 13.2. The monoisotopic (exact) mass is 369 g/mol. The molecule has 3 rings (SSSR count). The van der Waals surface area contributed by atoms with Crippen LogP contribution in [0.2, 0.25) is 0 Å². The van der Waals surface area contributed by atoms with E-state index in [0.29, 0.717) is 17.0 Å². The number of aliphatic hydroxyl groups excluding tert-OH is 1. The van der Waals surface area contributed by atoms with E-state index >= 15 is 0 Å². The molecule has 2 aromatic rings. The van der Waals surface area contributed by atoms with Gasteiger partial charge in [-0.15, -0.1) is 0 Å². The Morgan fingerprint density at radius 1 is 1.19 bits per heavy atom. The van der Waals surface area contributed by atoms with E-state index < -0.39 is 0 Å². The van der Waals surface area contributed by atoms with Crippen LogP contribution < -0.4 is 5.43 Å². The number of halogens is 1. The zero-order valence-corrected chi connectivity index (χ0v) is 15.1. The van der Waals surface area contributed by atoms with Gasteiger partial charge in [-0.2, -0.15) is 5.10 Å². The van der Waals surface area contributed by atoms with Crippen LogP contribution in [0, 0.1) is 11.7 Å². The van der Waals surface area contributed by atoms with Crippen LogP contribution in [0.15, 0.2) is 53.6 Å². The van der Waals surface area contributed by atoms with Crippen molar-refractivity contribution in [3.05, 3.63) is 71.0 Å². The van der Waals surface area contributed by atoms with E-state index in [9.17, 15) is 14.3 Å². The first kappa shape index (κ1) is 19.2. The number of hydrazone groups is 1. The number of carbonyl (C=O) groups excluding carboxylic acids is 1. The second kappa shape index (κ2) is 9.39. The summed E-state index contributed by atoms with van der Waals surface area (Å²) in [7, 11) is 0. The number of aliphatic hydroxyl groups is 1. The fourth-order valence-corrected chi connectivity index (χ4v) is 3.15. The predicted molar refractivity (Wildman–Crippen MR) is 103 cm³/mol. The molecule has 142 valence electrons. The SMILES string of the molecule is O=C(N/N=C/c1ccccc1F)c1ccc(CN2CCC(CO)CC2)cc1. The molecule has 0 atom stereocenters. The lowest BCUT2D eigenvalue weighted by Gasteiger charge is -2.31. The molecule has 1 fully saturated rings. The molecule has 2 N–H and O–H groups in total. The van der Waals surface area contributed by atoms with E-state index in [1.807, 2.05) is 12.1 Å². The van der Waals surface area contributed by atoms with E-state index in [4.69, 9.17) is 0 Å². The number of amides is 1. The largest absolute Gasteiger partial charge is 0.396 e. The zero-order valence-electron chi connectivity index (χ0n) is 15.1. The van der Waals surface area contributed by atoms with Crippen molar-refractivity contribution >= 4 is 12.1 Å². The van der Waals surface area contributed by atoms with Gasteiger partial charge in [0, 0.05) is 24.3 Å². The van der Waals surface area contributed by atoms with Crippen LogP contribution >= 0.6 is 0 Å². The molecule has 1 saturated heterocycles. The van der Waals surface area contributed by atoms with E-state index in [2.05, 4.69) is 15.4 Å². The zero-order chi connectivity index (χ0) is 19.1. The molecular weight excluding hydrogens is 345 g/mol. The first-order valence-corrected chi connectivity index (χ1v) is 9.16. The molecule has 1 aliphatic heterocycles. The summed E-state index contributed by atoms with van der Waals surface area (Å²) >= 11 is 0. The number of rotatable bonds is 6. The molecule has 0 bridgehead atoms. The number of piperidine rings is 1. The summed E-state index contributed by atoms with van der Waals surface area (Å²) in [6.07, 6.45) is 3.34. The van der Waals surface area contributed by atoms with Crippen LogP contribution in [0.1, 0.15) is 34.3 Å². The summed E-state index contributed by atoms with van der Waals surface area (Å²) in [5.74, 6) is -0.294. The molecule has 0 unspecified atom stereocenters. The van der Waals surface area contributed by atoms with Crippen molar-refractivity contribution in [1.82, 2.24) is 10.3 Å². The highest BCUT2D eigenvalue weighted by Gasteiger charge is 2.18. The fraction of sp³-hybridized carbons (Fsp3) is 0.333. The van der Waals surface area contributed by atoms with Gasteiger partial charge in [0.15, 0.2) is 0 Å². The van der Waals surface area contributed by atoms with Crippen molar-refractivity contribution in [3.8, 4) is 0 Å². The lowest BCUT2D eigenvalue weighted by atomic mass is 9.97. The van der Waals surface area contributed by atoms with Crippen LogP contribution in [0.4, 0.5) is 4.39 Å². The number of likely N-dealkylation sites (tertiary alicyclic amines) is 1. The Balaban J connectivity index is 1.51. The Hall–Kier alpha value is -2.57. The Bertz CT molecular complexity index is 784. The van der Waals surface area contributed by atoms with Crippen LogP contribution in [0.25, 0.3) is 0 Å². The van der Waals surface area contributed by atoms with Crippen molar-refractivity contribution < 1.29 is 14.3 Å². The number of nitrogens with zero attached hydrogens (tertiary/aromatic N) is 2. The Kier molecular flexibility index (Phi) is 6.68. The lowest BCUT2D eigenvalue weighted by molar-refractivity contribution is 0.0955. The molecule has 6 heteroatoms. The Morgan fingerprint density at radius 2 is 1.89 bits per heavy atom. The second-order valence-electron chi connectivity index (χ2n) is 6.82. The average molecular weight is 369 g/mol. The van der Waals surface area contributed by atoms with Crippen molar-refractivity contribution in [1.29, 1.82) is 0 Å². The summed E-state index contributed by atoms with van der Waals surface area (Å²) < 4.78 is 13.5. The van der Waals surface area contributed by atoms with E-state index in [0.717, 1.165) is 38.0 Å². The number of benzene rings is 2.